The molecule has 5 nitrogen and oxygen atoms in total. The Morgan fingerprint density at radius 1 is 1.24 bits per heavy atom. The normalized spacial score (nSPS) is 15.1. The Labute approximate surface area is 126 Å². The number of hydrogen-bond acceptors (Lipinski definition) is 5. The molecule has 1 aliphatic rings. The summed E-state index contributed by atoms with van der Waals surface area (Å²) in [6.07, 6.45) is 1.59. The zero-order valence-corrected chi connectivity index (χ0v) is 13.4. The van der Waals surface area contributed by atoms with Crippen molar-refractivity contribution in [1.82, 2.24) is 5.32 Å². The maximum atomic E-state index is 12.2. The zero-order chi connectivity index (χ0) is 15.3. The summed E-state index contributed by atoms with van der Waals surface area (Å²) >= 11 is 0. The second-order valence-electron chi connectivity index (χ2n) is 5.19. The minimum atomic E-state index is -3.06. The molecule has 21 heavy (non-hydrogen) atoms. The molecule has 0 saturated carbocycles. The molecule has 0 saturated heterocycles. The first-order valence-corrected chi connectivity index (χ1v) is 9.21. The molecule has 0 radical (unpaired) electrons. The van der Waals surface area contributed by atoms with E-state index in [9.17, 15) is 8.42 Å². The predicted molar refractivity (Wildman–Crippen MR) is 82.5 cm³/mol. The first-order valence-electron chi connectivity index (χ1n) is 7.39. The quantitative estimate of drug-likeness (QED) is 0.797. The number of benzene rings is 1. The SMILES string of the molecule is CCCCS(=O)(=O)CC(NCC)c1ccc2c(c1)OCO2. The van der Waals surface area contributed by atoms with E-state index in [1.807, 2.05) is 32.0 Å². The van der Waals surface area contributed by atoms with Gasteiger partial charge in [-0.15, -0.1) is 0 Å². The number of fused-ring (bicyclic) bond motifs is 1. The van der Waals surface area contributed by atoms with E-state index in [4.69, 9.17) is 9.47 Å². The molecule has 1 N–H and O–H groups in total. The van der Waals surface area contributed by atoms with Crippen LogP contribution in [0.25, 0.3) is 0 Å². The van der Waals surface area contributed by atoms with Crippen LogP contribution in [0.3, 0.4) is 0 Å². The van der Waals surface area contributed by atoms with Crippen LogP contribution < -0.4 is 14.8 Å². The minimum Gasteiger partial charge on any atom is -0.454 e. The van der Waals surface area contributed by atoms with Crippen LogP contribution in [0.4, 0.5) is 0 Å². The fourth-order valence-electron chi connectivity index (χ4n) is 2.35. The number of sulfone groups is 1. The van der Waals surface area contributed by atoms with E-state index in [0.29, 0.717) is 24.5 Å². The lowest BCUT2D eigenvalue weighted by Crippen LogP contribution is -2.29. The molecular formula is C15H23NO4S. The van der Waals surface area contributed by atoms with E-state index >= 15 is 0 Å². The molecule has 1 aromatic rings. The van der Waals surface area contributed by atoms with Gasteiger partial charge in [-0.2, -0.15) is 0 Å². The van der Waals surface area contributed by atoms with Gasteiger partial charge >= 0.3 is 0 Å². The Kier molecular flexibility index (Phi) is 5.47. The van der Waals surface area contributed by atoms with E-state index in [-0.39, 0.29) is 24.3 Å². The van der Waals surface area contributed by atoms with Crippen molar-refractivity contribution < 1.29 is 17.9 Å². The van der Waals surface area contributed by atoms with E-state index in [1.54, 1.807) is 0 Å². The van der Waals surface area contributed by atoms with Crippen molar-refractivity contribution in [1.29, 1.82) is 0 Å². The average molecular weight is 313 g/mol. The second-order valence-corrected chi connectivity index (χ2v) is 7.42. The molecule has 6 heteroatoms. The summed E-state index contributed by atoms with van der Waals surface area (Å²) < 4.78 is 35.0. The zero-order valence-electron chi connectivity index (χ0n) is 12.6. The molecule has 0 spiro atoms. The highest BCUT2D eigenvalue weighted by Gasteiger charge is 2.22. The van der Waals surface area contributed by atoms with Gasteiger partial charge in [0.2, 0.25) is 6.79 Å². The lowest BCUT2D eigenvalue weighted by Gasteiger charge is -2.18. The van der Waals surface area contributed by atoms with Crippen LogP contribution in [0.1, 0.15) is 38.3 Å². The molecule has 0 aromatic heterocycles. The first-order chi connectivity index (χ1) is 10.1. The highest BCUT2D eigenvalue weighted by Crippen LogP contribution is 2.34. The molecule has 1 unspecified atom stereocenters. The molecule has 0 aliphatic carbocycles. The van der Waals surface area contributed by atoms with E-state index in [1.165, 1.54) is 0 Å². The Hall–Kier alpha value is -1.27. The lowest BCUT2D eigenvalue weighted by atomic mass is 10.1. The summed E-state index contributed by atoms with van der Waals surface area (Å²) in [6, 6.07) is 5.38. The van der Waals surface area contributed by atoms with Crippen LogP contribution in [-0.2, 0) is 9.84 Å². The van der Waals surface area contributed by atoms with Gasteiger partial charge in [0.15, 0.2) is 21.3 Å². The van der Waals surface area contributed by atoms with E-state index < -0.39 is 9.84 Å². The maximum Gasteiger partial charge on any atom is 0.231 e. The predicted octanol–water partition coefficient (Wildman–Crippen LogP) is 2.28. The van der Waals surface area contributed by atoms with Crippen molar-refractivity contribution in [3.05, 3.63) is 23.8 Å². The molecule has 118 valence electrons. The van der Waals surface area contributed by atoms with E-state index in [0.717, 1.165) is 12.0 Å². The molecule has 1 aromatic carbocycles. The van der Waals surface area contributed by atoms with Crippen molar-refractivity contribution >= 4 is 9.84 Å². The number of hydrogen-bond donors (Lipinski definition) is 1. The summed E-state index contributed by atoms with van der Waals surface area (Å²) in [6.45, 7) is 4.90. The highest BCUT2D eigenvalue weighted by atomic mass is 32.2. The van der Waals surface area contributed by atoms with Crippen LogP contribution >= 0.6 is 0 Å². The Bertz CT molecular complexity index is 571. The Morgan fingerprint density at radius 2 is 2.00 bits per heavy atom. The Morgan fingerprint density at radius 3 is 2.71 bits per heavy atom. The minimum absolute atomic E-state index is 0.112. The van der Waals surface area contributed by atoms with Gasteiger partial charge in [-0.25, -0.2) is 8.42 Å². The van der Waals surface area contributed by atoms with Gasteiger partial charge in [0, 0.05) is 6.04 Å². The van der Waals surface area contributed by atoms with Gasteiger partial charge < -0.3 is 14.8 Å². The van der Waals surface area contributed by atoms with Crippen LogP contribution in [-0.4, -0.2) is 33.3 Å². The maximum absolute atomic E-state index is 12.2. The topological polar surface area (TPSA) is 64.6 Å². The van der Waals surface area contributed by atoms with Crippen molar-refractivity contribution in [3.63, 3.8) is 0 Å². The monoisotopic (exact) mass is 313 g/mol. The molecule has 0 bridgehead atoms. The first kappa shape index (κ1) is 16.1. The van der Waals surface area contributed by atoms with Gasteiger partial charge in [-0.1, -0.05) is 26.3 Å². The smallest absolute Gasteiger partial charge is 0.231 e. The third kappa shape index (κ3) is 4.35. The number of nitrogens with one attached hydrogen (secondary N) is 1. The Balaban J connectivity index is 2.15. The summed E-state index contributed by atoms with van der Waals surface area (Å²) in [5, 5.41) is 3.25. The molecule has 0 fully saturated rings. The number of rotatable bonds is 8. The van der Waals surface area contributed by atoms with Crippen molar-refractivity contribution in [2.45, 2.75) is 32.7 Å². The number of ether oxygens (including phenoxy) is 2. The summed E-state index contributed by atoms with van der Waals surface area (Å²) in [7, 11) is -3.06. The van der Waals surface area contributed by atoms with Crippen LogP contribution in [0, 0.1) is 0 Å². The summed E-state index contributed by atoms with van der Waals surface area (Å²) in [4.78, 5) is 0. The largest absolute Gasteiger partial charge is 0.454 e. The molecular weight excluding hydrogens is 290 g/mol. The third-order valence-electron chi connectivity index (χ3n) is 3.48. The number of unbranched alkanes of at least 4 members (excludes halogenated alkanes) is 1. The third-order valence-corrected chi connectivity index (χ3v) is 5.23. The molecule has 1 atom stereocenters. The molecule has 1 heterocycles. The fraction of sp³-hybridized carbons (Fsp3) is 0.600. The highest BCUT2D eigenvalue weighted by molar-refractivity contribution is 7.91. The van der Waals surface area contributed by atoms with Crippen molar-refractivity contribution in [2.75, 3.05) is 24.8 Å². The van der Waals surface area contributed by atoms with Gasteiger partial charge in [-0.3, -0.25) is 0 Å². The van der Waals surface area contributed by atoms with Gasteiger partial charge in [0.25, 0.3) is 0 Å². The summed E-state index contributed by atoms with van der Waals surface area (Å²) in [5.41, 5.74) is 0.918. The second kappa shape index (κ2) is 7.13. The van der Waals surface area contributed by atoms with E-state index in [2.05, 4.69) is 5.32 Å². The van der Waals surface area contributed by atoms with Crippen LogP contribution in [0.2, 0.25) is 0 Å². The van der Waals surface area contributed by atoms with Crippen LogP contribution in [0.15, 0.2) is 18.2 Å². The molecule has 0 amide bonds. The van der Waals surface area contributed by atoms with Crippen LogP contribution in [0.5, 0.6) is 11.5 Å². The van der Waals surface area contributed by atoms with Crippen molar-refractivity contribution in [3.8, 4) is 11.5 Å². The average Bonchev–Trinajstić information content (AvgIpc) is 2.92. The summed E-state index contributed by atoms with van der Waals surface area (Å²) in [5.74, 6) is 1.75. The van der Waals surface area contributed by atoms with Crippen molar-refractivity contribution in [2.24, 2.45) is 0 Å². The van der Waals surface area contributed by atoms with Gasteiger partial charge in [-0.05, 0) is 30.7 Å². The van der Waals surface area contributed by atoms with Gasteiger partial charge in [0.05, 0.1) is 11.5 Å². The lowest BCUT2D eigenvalue weighted by molar-refractivity contribution is 0.174. The van der Waals surface area contributed by atoms with Gasteiger partial charge in [0.1, 0.15) is 0 Å². The fourth-order valence-corrected chi connectivity index (χ4v) is 4.06. The standard InChI is InChI=1S/C15H23NO4S/c1-3-5-8-21(17,18)10-13(16-4-2)12-6-7-14-15(9-12)20-11-19-14/h6-7,9,13,16H,3-5,8,10-11H2,1-2H3. The molecule has 1 aliphatic heterocycles. The molecule has 2 rings (SSSR count).